The van der Waals surface area contributed by atoms with Gasteiger partial charge in [-0.25, -0.2) is 4.68 Å². The summed E-state index contributed by atoms with van der Waals surface area (Å²) >= 11 is 0. The van der Waals surface area contributed by atoms with Gasteiger partial charge in [-0.2, -0.15) is 23.4 Å². The molecule has 3 heterocycles. The first kappa shape index (κ1) is 31.0. The number of alkyl halides is 5. The fourth-order valence-corrected chi connectivity index (χ4v) is 6.10. The Hall–Kier alpha value is -4.01. The SMILES string of the molecule is CCOC(=O)C1CCC(O[C@@H]2CCCc3c(C(F)(F)F)nn(-c4cnnc(O[C@@H](C)c5ccc6c(c5)OC(F)(F)O6)c4)c32)CC1. The van der Waals surface area contributed by atoms with Crippen molar-refractivity contribution >= 4 is 5.97 Å². The van der Waals surface area contributed by atoms with Crippen molar-refractivity contribution < 1.29 is 50.4 Å². The van der Waals surface area contributed by atoms with Gasteiger partial charge in [-0.3, -0.25) is 4.79 Å². The highest BCUT2D eigenvalue weighted by atomic mass is 19.4. The predicted octanol–water partition coefficient (Wildman–Crippen LogP) is 6.66. The topological polar surface area (TPSA) is 107 Å². The van der Waals surface area contributed by atoms with E-state index in [4.69, 9.17) is 14.2 Å². The minimum Gasteiger partial charge on any atom is -0.469 e. The first-order valence-corrected chi connectivity index (χ1v) is 14.8. The molecule has 0 N–H and O–H groups in total. The molecule has 0 radical (unpaired) electrons. The lowest BCUT2D eigenvalue weighted by Gasteiger charge is -2.32. The van der Waals surface area contributed by atoms with Gasteiger partial charge in [0.05, 0.1) is 36.2 Å². The highest BCUT2D eigenvalue weighted by Gasteiger charge is 2.44. The van der Waals surface area contributed by atoms with Gasteiger partial charge >= 0.3 is 18.4 Å². The van der Waals surface area contributed by atoms with Gasteiger partial charge in [0.15, 0.2) is 17.2 Å². The van der Waals surface area contributed by atoms with Crippen molar-refractivity contribution in [1.82, 2.24) is 20.0 Å². The first-order chi connectivity index (χ1) is 21.4. The van der Waals surface area contributed by atoms with Gasteiger partial charge in [0, 0.05) is 11.6 Å². The van der Waals surface area contributed by atoms with Crippen LogP contribution in [0.25, 0.3) is 5.69 Å². The van der Waals surface area contributed by atoms with E-state index in [9.17, 15) is 26.7 Å². The number of aromatic nitrogens is 4. The van der Waals surface area contributed by atoms with E-state index < -0.39 is 30.4 Å². The Morgan fingerprint density at radius 1 is 1.11 bits per heavy atom. The van der Waals surface area contributed by atoms with Crippen molar-refractivity contribution in [3.8, 4) is 23.1 Å². The van der Waals surface area contributed by atoms with Crippen molar-refractivity contribution in [3.05, 3.63) is 53.0 Å². The molecule has 242 valence electrons. The number of fused-ring (bicyclic) bond motifs is 2. The van der Waals surface area contributed by atoms with Crippen molar-refractivity contribution in [2.75, 3.05) is 6.61 Å². The Morgan fingerprint density at radius 3 is 2.60 bits per heavy atom. The number of rotatable bonds is 8. The molecule has 0 amide bonds. The zero-order valence-electron chi connectivity index (χ0n) is 24.5. The van der Waals surface area contributed by atoms with Gasteiger partial charge in [-0.1, -0.05) is 6.07 Å². The third-order valence-electron chi connectivity index (χ3n) is 8.20. The molecule has 45 heavy (non-hydrogen) atoms. The summed E-state index contributed by atoms with van der Waals surface area (Å²) in [5, 5.41) is 11.9. The molecule has 2 atom stereocenters. The lowest BCUT2D eigenvalue weighted by atomic mass is 9.86. The number of halogens is 5. The van der Waals surface area contributed by atoms with Gasteiger partial charge in [0.1, 0.15) is 12.2 Å². The van der Waals surface area contributed by atoms with E-state index in [1.165, 1.54) is 35.1 Å². The second kappa shape index (κ2) is 12.1. The predicted molar refractivity (Wildman–Crippen MR) is 145 cm³/mol. The van der Waals surface area contributed by atoms with Gasteiger partial charge in [0.25, 0.3) is 0 Å². The number of nitrogens with zero attached hydrogens (tertiary/aromatic N) is 4. The Bertz CT molecular complexity index is 1560. The summed E-state index contributed by atoms with van der Waals surface area (Å²) in [7, 11) is 0. The molecule has 1 saturated carbocycles. The van der Waals surface area contributed by atoms with Gasteiger partial charge in [-0.05, 0) is 76.5 Å². The molecule has 0 saturated heterocycles. The van der Waals surface area contributed by atoms with Gasteiger partial charge in [0.2, 0.25) is 5.88 Å². The quantitative estimate of drug-likeness (QED) is 0.198. The normalized spacial score (nSPS) is 22.9. The number of hydrogen-bond donors (Lipinski definition) is 0. The average Bonchev–Trinajstić information content (AvgIpc) is 3.54. The Balaban J connectivity index is 1.24. The lowest BCUT2D eigenvalue weighted by molar-refractivity contribution is -0.286. The molecule has 1 aliphatic heterocycles. The van der Waals surface area contributed by atoms with Gasteiger partial charge in [-0.15, -0.1) is 13.9 Å². The zero-order chi connectivity index (χ0) is 31.9. The Labute approximate surface area is 254 Å². The summed E-state index contributed by atoms with van der Waals surface area (Å²) in [6.07, 6.45) is -5.31. The summed E-state index contributed by atoms with van der Waals surface area (Å²) < 4.78 is 97.0. The molecule has 0 unspecified atom stereocenters. The molecule has 2 aliphatic carbocycles. The molecule has 6 rings (SSSR count). The number of carbonyl (C=O) groups excluding carboxylic acids is 1. The maximum Gasteiger partial charge on any atom is 0.586 e. The average molecular weight is 639 g/mol. The van der Waals surface area contributed by atoms with E-state index in [2.05, 4.69) is 24.8 Å². The van der Waals surface area contributed by atoms with Crippen molar-refractivity contribution in [2.24, 2.45) is 5.92 Å². The third-order valence-corrected chi connectivity index (χ3v) is 8.20. The van der Waals surface area contributed by atoms with Gasteiger partial charge < -0.3 is 23.7 Å². The van der Waals surface area contributed by atoms with Crippen LogP contribution in [0.4, 0.5) is 22.0 Å². The van der Waals surface area contributed by atoms with Crippen LogP contribution in [0.2, 0.25) is 0 Å². The summed E-state index contributed by atoms with van der Waals surface area (Å²) in [6.45, 7) is 3.70. The molecule has 10 nitrogen and oxygen atoms in total. The molecule has 1 aromatic carbocycles. The Morgan fingerprint density at radius 2 is 1.87 bits per heavy atom. The number of esters is 1. The molecule has 3 aliphatic rings. The van der Waals surface area contributed by atoms with Crippen molar-refractivity contribution in [3.63, 3.8) is 0 Å². The Kier molecular flexibility index (Phi) is 8.31. The van der Waals surface area contributed by atoms with Crippen LogP contribution < -0.4 is 14.2 Å². The van der Waals surface area contributed by atoms with Crippen molar-refractivity contribution in [1.29, 1.82) is 0 Å². The van der Waals surface area contributed by atoms with E-state index in [1.807, 2.05) is 0 Å². The second-order valence-corrected chi connectivity index (χ2v) is 11.3. The molecule has 2 aromatic heterocycles. The van der Waals surface area contributed by atoms with Crippen LogP contribution in [-0.2, 0) is 26.9 Å². The van der Waals surface area contributed by atoms with E-state index in [0.717, 1.165) is 0 Å². The summed E-state index contributed by atoms with van der Waals surface area (Å²) in [5.74, 6) is -0.745. The summed E-state index contributed by atoms with van der Waals surface area (Å²) in [4.78, 5) is 12.2. The first-order valence-electron chi connectivity index (χ1n) is 14.8. The fourth-order valence-electron chi connectivity index (χ4n) is 6.10. The monoisotopic (exact) mass is 638 g/mol. The van der Waals surface area contributed by atoms with Crippen LogP contribution >= 0.6 is 0 Å². The molecular formula is C30H31F5N4O6. The van der Waals surface area contributed by atoms with E-state index >= 15 is 0 Å². The zero-order valence-corrected chi connectivity index (χ0v) is 24.5. The number of carbonyl (C=O) groups is 1. The van der Waals surface area contributed by atoms with Crippen LogP contribution in [0.5, 0.6) is 17.4 Å². The van der Waals surface area contributed by atoms with E-state index in [1.54, 1.807) is 13.8 Å². The summed E-state index contributed by atoms with van der Waals surface area (Å²) in [5.41, 5.74) is 0.0326. The molecule has 0 bridgehead atoms. The molecule has 1 fully saturated rings. The van der Waals surface area contributed by atoms with E-state index in [0.29, 0.717) is 56.4 Å². The minimum absolute atomic E-state index is 0.0219. The van der Waals surface area contributed by atoms with Crippen LogP contribution in [0.15, 0.2) is 30.5 Å². The maximum atomic E-state index is 14.2. The molecular weight excluding hydrogens is 607 g/mol. The molecule has 3 aromatic rings. The maximum absolute atomic E-state index is 14.2. The van der Waals surface area contributed by atoms with E-state index in [-0.39, 0.29) is 53.0 Å². The standard InChI is InChI=1S/C30H31F5N4O6/c1-3-41-28(40)17-7-10-20(11-8-17)43-23-6-4-5-21-26(23)39(38-27(21)29(31,32)33)19-14-25(37-36-15-19)42-16(2)18-9-12-22-24(13-18)45-30(34,35)44-22/h9,12-17,20,23H,3-8,10-11H2,1-2H3/t16-,17?,20?,23+/m0/s1. The van der Waals surface area contributed by atoms with Crippen LogP contribution in [0, 0.1) is 5.92 Å². The fraction of sp³-hybridized carbons (Fsp3) is 0.533. The highest BCUT2D eigenvalue weighted by Crippen LogP contribution is 2.44. The van der Waals surface area contributed by atoms with Crippen LogP contribution in [0.3, 0.4) is 0 Å². The second-order valence-electron chi connectivity index (χ2n) is 11.3. The number of benzene rings is 1. The molecule has 15 heteroatoms. The molecule has 0 spiro atoms. The van der Waals surface area contributed by atoms with Crippen LogP contribution in [0.1, 0.15) is 87.1 Å². The minimum atomic E-state index is -4.70. The van der Waals surface area contributed by atoms with Crippen LogP contribution in [-0.4, -0.2) is 45.0 Å². The summed E-state index contributed by atoms with van der Waals surface area (Å²) in [6, 6.07) is 5.60. The smallest absolute Gasteiger partial charge is 0.469 e. The third kappa shape index (κ3) is 6.53. The largest absolute Gasteiger partial charge is 0.586 e. The lowest BCUT2D eigenvalue weighted by Crippen LogP contribution is -2.29. The number of hydrogen-bond acceptors (Lipinski definition) is 9. The van der Waals surface area contributed by atoms with Crippen molar-refractivity contribution in [2.45, 2.75) is 89.6 Å². The number of ether oxygens (including phenoxy) is 5. The highest BCUT2D eigenvalue weighted by molar-refractivity contribution is 5.72.